The highest BCUT2D eigenvalue weighted by Crippen LogP contribution is 2.02. The monoisotopic (exact) mass is 183 g/mol. The maximum atomic E-state index is 7.74. The van der Waals surface area contributed by atoms with Gasteiger partial charge in [0, 0.05) is 10.8 Å². The van der Waals surface area contributed by atoms with E-state index in [1.165, 1.54) is 0 Å². The topological polar surface area (TPSA) is 48.8 Å². The summed E-state index contributed by atoms with van der Waals surface area (Å²) < 4.78 is 0. The molecule has 0 radical (unpaired) electrons. The van der Waals surface area contributed by atoms with Crippen molar-refractivity contribution in [2.24, 2.45) is 5.11 Å². The van der Waals surface area contributed by atoms with E-state index in [1.807, 2.05) is 0 Å². The van der Waals surface area contributed by atoms with E-state index in [1.54, 1.807) is 0 Å². The average molecular weight is 184 g/mol. The highest BCUT2D eigenvalue weighted by Gasteiger charge is 1.92. The second-order valence-electron chi connectivity index (χ2n) is 0.794. The lowest BCUT2D eigenvalue weighted by atomic mass is 10.8. The fraction of sp³-hybridized carbons (Fsp3) is 1.00. The van der Waals surface area contributed by atoms with Crippen LogP contribution in [-0.2, 0) is 0 Å². The molecule has 0 N–H and O–H groups in total. The predicted octanol–water partition coefficient (Wildman–Crippen LogP) is 2.26. The van der Waals surface area contributed by atoms with Crippen molar-refractivity contribution in [3.63, 3.8) is 0 Å². The molecule has 0 aromatic rings. The van der Waals surface area contributed by atoms with Crippen LogP contribution in [-0.4, -0.2) is 10.8 Å². The van der Waals surface area contributed by atoms with Crippen molar-refractivity contribution in [2.45, 2.75) is 4.95 Å². The van der Waals surface area contributed by atoms with Gasteiger partial charge in [-0.05, 0) is 5.53 Å². The average Bonchev–Trinajstić information content (AvgIpc) is 1.68. The summed E-state index contributed by atoms with van der Waals surface area (Å²) in [5.74, 6) is 0.310. The third-order valence-electron chi connectivity index (χ3n) is 0.304. The molecule has 0 aliphatic rings. The second-order valence-corrected chi connectivity index (χ2v) is 2.16. The fourth-order valence-corrected chi connectivity index (χ4v) is 0.231. The second kappa shape index (κ2) is 4.24. The van der Waals surface area contributed by atoms with Crippen LogP contribution in [0.25, 0.3) is 10.4 Å². The Morgan fingerprint density at radius 2 is 2.57 bits per heavy atom. The molecule has 0 heterocycles. The molecule has 0 saturated heterocycles. The van der Waals surface area contributed by atoms with Gasteiger partial charge in [0.2, 0.25) is 0 Å². The summed E-state index contributed by atoms with van der Waals surface area (Å²) in [5, 5.41) is 3.21. The maximum Gasteiger partial charge on any atom is 0.107 e. The molecule has 0 fully saturated rings. The zero-order valence-corrected chi connectivity index (χ0v) is 5.72. The van der Waals surface area contributed by atoms with Crippen molar-refractivity contribution >= 4 is 27.5 Å². The Balaban J connectivity index is 3.35. The van der Waals surface area contributed by atoms with Gasteiger partial charge in [0.05, 0.1) is 0 Å². The van der Waals surface area contributed by atoms with Crippen molar-refractivity contribution in [3.05, 3.63) is 10.4 Å². The van der Waals surface area contributed by atoms with Gasteiger partial charge in [-0.3, -0.25) is 0 Å². The Morgan fingerprint density at radius 1 is 2.00 bits per heavy atom. The largest absolute Gasteiger partial charge is 0.125 e. The highest BCUT2D eigenvalue weighted by atomic mass is 79.9. The van der Waals surface area contributed by atoms with E-state index in [-0.39, 0.29) is 4.95 Å². The number of alkyl halides is 2. The van der Waals surface area contributed by atoms with Gasteiger partial charge in [0.1, 0.15) is 4.95 Å². The van der Waals surface area contributed by atoms with Gasteiger partial charge in [-0.2, -0.15) is 0 Å². The molecule has 5 heteroatoms. The number of rotatable bonds is 2. The summed E-state index contributed by atoms with van der Waals surface area (Å²) in [7, 11) is 0. The fourth-order valence-electron chi connectivity index (χ4n) is 0.0869. The quantitative estimate of drug-likeness (QED) is 0.208. The zero-order valence-electron chi connectivity index (χ0n) is 3.38. The summed E-state index contributed by atoms with van der Waals surface area (Å²) >= 11 is 8.20. The van der Waals surface area contributed by atoms with Gasteiger partial charge >= 0.3 is 0 Å². The van der Waals surface area contributed by atoms with E-state index in [9.17, 15) is 0 Å². The van der Waals surface area contributed by atoms with Crippen LogP contribution in [0.15, 0.2) is 5.11 Å². The van der Waals surface area contributed by atoms with E-state index < -0.39 is 0 Å². The molecule has 7 heavy (non-hydrogen) atoms. The Morgan fingerprint density at radius 3 is 2.71 bits per heavy atom. The van der Waals surface area contributed by atoms with Crippen molar-refractivity contribution in [1.29, 1.82) is 0 Å². The number of hydrogen-bond donors (Lipinski definition) is 0. The minimum absolute atomic E-state index is 0.265. The molecule has 0 aromatic heterocycles. The molecule has 0 aromatic carbocycles. The summed E-state index contributed by atoms with van der Waals surface area (Å²) in [4.78, 5) is 2.24. The first-order valence-corrected chi connectivity index (χ1v) is 3.00. The van der Waals surface area contributed by atoms with Crippen LogP contribution in [0.1, 0.15) is 0 Å². The first-order chi connectivity index (χ1) is 3.31. The van der Waals surface area contributed by atoms with E-state index in [4.69, 9.17) is 17.1 Å². The first kappa shape index (κ1) is 7.08. The van der Waals surface area contributed by atoms with Gasteiger partial charge in [-0.1, -0.05) is 21.0 Å². The summed E-state index contributed by atoms with van der Waals surface area (Å²) in [6.07, 6.45) is 0. The SMILES string of the molecule is [N-]=[N+]=NC(Br)CCl. The molecule has 0 aliphatic heterocycles. The lowest BCUT2D eigenvalue weighted by Gasteiger charge is -1.87. The van der Waals surface area contributed by atoms with Crippen LogP contribution in [0.3, 0.4) is 0 Å². The number of hydrogen-bond acceptors (Lipinski definition) is 1. The van der Waals surface area contributed by atoms with Gasteiger partial charge in [-0.15, -0.1) is 11.6 Å². The Hall–Kier alpha value is 0.0800. The van der Waals surface area contributed by atoms with E-state index >= 15 is 0 Å². The molecule has 0 bridgehead atoms. The maximum absolute atomic E-state index is 7.74. The molecule has 1 unspecified atom stereocenters. The van der Waals surface area contributed by atoms with E-state index in [0.717, 1.165) is 0 Å². The zero-order chi connectivity index (χ0) is 5.70. The summed E-state index contributed by atoms with van der Waals surface area (Å²) in [6.45, 7) is 0. The number of halogens is 2. The molecule has 0 saturated carbocycles. The van der Waals surface area contributed by atoms with E-state index in [0.29, 0.717) is 5.88 Å². The number of azide groups is 1. The summed E-state index contributed by atoms with van der Waals surface area (Å²) in [5.41, 5.74) is 7.74. The highest BCUT2D eigenvalue weighted by molar-refractivity contribution is 9.09. The van der Waals surface area contributed by atoms with Gasteiger partial charge in [-0.25, -0.2) is 0 Å². The van der Waals surface area contributed by atoms with Crippen molar-refractivity contribution < 1.29 is 0 Å². The molecular weight excluding hydrogens is 181 g/mol. The van der Waals surface area contributed by atoms with Crippen LogP contribution in [0.5, 0.6) is 0 Å². The van der Waals surface area contributed by atoms with Gasteiger partial charge in [0.15, 0.2) is 0 Å². The van der Waals surface area contributed by atoms with Crippen molar-refractivity contribution in [3.8, 4) is 0 Å². The molecule has 0 rings (SSSR count). The Labute approximate surface area is 54.4 Å². The number of nitrogens with zero attached hydrogens (tertiary/aromatic N) is 3. The van der Waals surface area contributed by atoms with Gasteiger partial charge in [0.25, 0.3) is 0 Å². The molecule has 1 atom stereocenters. The molecule has 0 amide bonds. The lowest BCUT2D eigenvalue weighted by molar-refractivity contribution is 1.05. The third-order valence-corrected chi connectivity index (χ3v) is 1.48. The smallest absolute Gasteiger partial charge is 0.107 e. The van der Waals surface area contributed by atoms with Crippen molar-refractivity contribution in [2.75, 3.05) is 5.88 Å². The molecule has 0 spiro atoms. The van der Waals surface area contributed by atoms with Crippen LogP contribution >= 0.6 is 27.5 Å². The molecule has 40 valence electrons. The van der Waals surface area contributed by atoms with Crippen LogP contribution < -0.4 is 0 Å². The van der Waals surface area contributed by atoms with Crippen LogP contribution in [0, 0.1) is 0 Å². The van der Waals surface area contributed by atoms with Crippen molar-refractivity contribution in [1.82, 2.24) is 0 Å². The van der Waals surface area contributed by atoms with E-state index in [2.05, 4.69) is 26.0 Å². The standard InChI is InChI=1S/C2H3BrClN3/c3-2(1-4)6-7-5/h2H,1H2. The molecular formula is C2H3BrClN3. The third kappa shape index (κ3) is 3.92. The normalized spacial score (nSPS) is 12.3. The predicted molar refractivity (Wildman–Crippen MR) is 32.6 cm³/mol. The summed E-state index contributed by atoms with van der Waals surface area (Å²) in [6, 6.07) is 0. The molecule has 0 aliphatic carbocycles. The minimum Gasteiger partial charge on any atom is -0.125 e. The Kier molecular flexibility index (Phi) is 4.29. The molecule has 3 nitrogen and oxygen atoms in total. The van der Waals surface area contributed by atoms with Crippen LogP contribution in [0.2, 0.25) is 0 Å². The van der Waals surface area contributed by atoms with Crippen LogP contribution in [0.4, 0.5) is 0 Å². The first-order valence-electron chi connectivity index (χ1n) is 1.55. The Bertz CT molecular complexity index is 88.9. The lowest BCUT2D eigenvalue weighted by Crippen LogP contribution is -1.89. The van der Waals surface area contributed by atoms with Gasteiger partial charge < -0.3 is 0 Å². The minimum atomic E-state index is -0.265.